The quantitative estimate of drug-likeness (QED) is 0.495. The summed E-state index contributed by atoms with van der Waals surface area (Å²) in [4.78, 5) is 20.7. The number of aryl methyl sites for hydroxylation is 2. The molecule has 2 N–H and O–H groups in total. The van der Waals surface area contributed by atoms with E-state index < -0.39 is 0 Å². The number of carbonyl (C=O) groups excluding carboxylic acids is 1. The van der Waals surface area contributed by atoms with E-state index in [2.05, 4.69) is 45.8 Å². The second kappa shape index (κ2) is 9.58. The lowest BCUT2D eigenvalue weighted by Gasteiger charge is -2.27. The number of benzene rings is 1. The van der Waals surface area contributed by atoms with Gasteiger partial charge in [-0.05, 0) is 66.3 Å². The number of thiophene rings is 1. The summed E-state index contributed by atoms with van der Waals surface area (Å²) in [5.74, 6) is -0.00774. The van der Waals surface area contributed by atoms with Crippen LogP contribution in [0.4, 0.5) is 5.69 Å². The molecule has 1 saturated heterocycles. The van der Waals surface area contributed by atoms with E-state index in [-0.39, 0.29) is 18.0 Å². The van der Waals surface area contributed by atoms with Gasteiger partial charge < -0.3 is 15.5 Å². The molecular formula is C24H26N4OS2. The van der Waals surface area contributed by atoms with Crippen molar-refractivity contribution in [3.8, 4) is 0 Å². The van der Waals surface area contributed by atoms with E-state index in [1.54, 1.807) is 17.5 Å². The maximum absolute atomic E-state index is 12.7. The van der Waals surface area contributed by atoms with Gasteiger partial charge >= 0.3 is 0 Å². The highest BCUT2D eigenvalue weighted by atomic mass is 32.1. The fourth-order valence-electron chi connectivity index (χ4n) is 4.00. The molecule has 0 bridgehead atoms. The molecule has 1 amide bonds. The first kappa shape index (κ1) is 21.5. The molecule has 7 heteroatoms. The SMILES string of the molecule is CCc1ccccc1NC(=O)CCN1C(=S)N[C@@H](c2ccccn2)[C@@H]1c1sccc1C. The van der Waals surface area contributed by atoms with E-state index in [0.29, 0.717) is 18.1 Å². The number of rotatable bonds is 7. The van der Waals surface area contributed by atoms with E-state index in [1.807, 2.05) is 42.5 Å². The van der Waals surface area contributed by atoms with Gasteiger partial charge in [-0.2, -0.15) is 0 Å². The van der Waals surface area contributed by atoms with Gasteiger partial charge in [0, 0.05) is 29.7 Å². The third-order valence-corrected chi connectivity index (χ3v) is 7.06. The van der Waals surface area contributed by atoms with Gasteiger partial charge in [0.25, 0.3) is 0 Å². The zero-order chi connectivity index (χ0) is 21.8. The predicted octanol–water partition coefficient (Wildman–Crippen LogP) is 5.02. The standard InChI is InChI=1S/C24H26N4OS2/c1-3-17-8-4-5-9-18(17)26-20(29)11-14-28-22(23-16(2)12-15-31-23)21(27-24(28)30)19-10-6-7-13-25-19/h4-10,12-13,15,21-22H,3,11,14H2,1-2H3,(H,26,29)(H,27,30)/t21-,22+/m0/s1. The molecule has 1 aliphatic rings. The highest BCUT2D eigenvalue weighted by molar-refractivity contribution is 7.80. The summed E-state index contributed by atoms with van der Waals surface area (Å²) in [7, 11) is 0. The summed E-state index contributed by atoms with van der Waals surface area (Å²) in [5, 5.41) is 9.28. The number of pyridine rings is 1. The van der Waals surface area contributed by atoms with Crippen molar-refractivity contribution >= 4 is 40.3 Å². The summed E-state index contributed by atoms with van der Waals surface area (Å²) >= 11 is 7.42. The Morgan fingerprint density at radius 1 is 1.23 bits per heavy atom. The number of carbonyl (C=O) groups is 1. The third kappa shape index (κ3) is 4.62. The van der Waals surface area contributed by atoms with E-state index in [1.165, 1.54) is 10.4 Å². The second-order valence-electron chi connectivity index (χ2n) is 7.60. The van der Waals surface area contributed by atoms with Gasteiger partial charge in [0.15, 0.2) is 5.11 Å². The molecule has 3 heterocycles. The van der Waals surface area contributed by atoms with Crippen LogP contribution in [0.3, 0.4) is 0 Å². The Bertz CT molecular complexity index is 1070. The van der Waals surface area contributed by atoms with Crippen LogP contribution in [0.1, 0.15) is 47.1 Å². The average Bonchev–Trinajstić information content (AvgIpc) is 3.35. The van der Waals surface area contributed by atoms with Crippen LogP contribution in [0.5, 0.6) is 0 Å². The summed E-state index contributed by atoms with van der Waals surface area (Å²) < 4.78 is 0. The number of nitrogens with one attached hydrogen (secondary N) is 2. The number of para-hydroxylation sites is 1. The number of nitrogens with zero attached hydrogens (tertiary/aromatic N) is 2. The topological polar surface area (TPSA) is 57.3 Å². The van der Waals surface area contributed by atoms with Gasteiger partial charge in [0.05, 0.1) is 17.8 Å². The summed E-state index contributed by atoms with van der Waals surface area (Å²) in [6.45, 7) is 4.75. The lowest BCUT2D eigenvalue weighted by atomic mass is 10.0. The van der Waals surface area contributed by atoms with E-state index in [4.69, 9.17) is 12.2 Å². The highest BCUT2D eigenvalue weighted by Crippen LogP contribution is 2.41. The van der Waals surface area contributed by atoms with E-state index in [0.717, 1.165) is 23.4 Å². The molecule has 4 rings (SSSR count). The van der Waals surface area contributed by atoms with Crippen molar-refractivity contribution in [2.24, 2.45) is 0 Å². The number of anilines is 1. The summed E-state index contributed by atoms with van der Waals surface area (Å²) in [6.07, 6.45) is 3.04. The number of amides is 1. The van der Waals surface area contributed by atoms with Crippen molar-refractivity contribution in [1.82, 2.24) is 15.2 Å². The minimum atomic E-state index is -0.0464. The molecule has 0 saturated carbocycles. The van der Waals surface area contributed by atoms with E-state index >= 15 is 0 Å². The molecule has 1 aliphatic heterocycles. The fourth-order valence-corrected chi connectivity index (χ4v) is 5.41. The summed E-state index contributed by atoms with van der Waals surface area (Å²) in [5.41, 5.74) is 4.20. The monoisotopic (exact) mass is 450 g/mol. The van der Waals surface area contributed by atoms with Crippen molar-refractivity contribution in [3.05, 3.63) is 81.8 Å². The fraction of sp³-hybridized carbons (Fsp3) is 0.292. The molecule has 0 radical (unpaired) electrons. The van der Waals surface area contributed by atoms with Crippen molar-refractivity contribution in [1.29, 1.82) is 0 Å². The van der Waals surface area contributed by atoms with Crippen LogP contribution in [-0.2, 0) is 11.2 Å². The van der Waals surface area contributed by atoms with Crippen LogP contribution in [0, 0.1) is 6.92 Å². The Kier molecular flexibility index (Phi) is 6.63. The van der Waals surface area contributed by atoms with Gasteiger partial charge in [0.1, 0.15) is 0 Å². The minimum absolute atomic E-state index is 0.00774. The van der Waals surface area contributed by atoms with Crippen LogP contribution in [-0.4, -0.2) is 27.4 Å². The lowest BCUT2D eigenvalue weighted by molar-refractivity contribution is -0.116. The molecule has 0 spiro atoms. The smallest absolute Gasteiger partial charge is 0.226 e. The Morgan fingerprint density at radius 3 is 2.74 bits per heavy atom. The van der Waals surface area contributed by atoms with Crippen molar-refractivity contribution in [2.45, 2.75) is 38.8 Å². The van der Waals surface area contributed by atoms with Gasteiger partial charge in [-0.15, -0.1) is 11.3 Å². The Balaban J connectivity index is 1.53. The Morgan fingerprint density at radius 2 is 2.03 bits per heavy atom. The number of aromatic nitrogens is 1. The first-order chi connectivity index (χ1) is 15.1. The average molecular weight is 451 g/mol. The normalized spacial score (nSPS) is 18.1. The van der Waals surface area contributed by atoms with Gasteiger partial charge in [-0.3, -0.25) is 9.78 Å². The predicted molar refractivity (Wildman–Crippen MR) is 130 cm³/mol. The lowest BCUT2D eigenvalue weighted by Crippen LogP contribution is -2.32. The largest absolute Gasteiger partial charge is 0.352 e. The zero-order valence-corrected chi connectivity index (χ0v) is 19.3. The molecule has 3 aromatic rings. The van der Waals surface area contributed by atoms with Crippen molar-refractivity contribution in [2.75, 3.05) is 11.9 Å². The number of hydrogen-bond acceptors (Lipinski definition) is 4. The highest BCUT2D eigenvalue weighted by Gasteiger charge is 2.40. The summed E-state index contributed by atoms with van der Waals surface area (Å²) in [6, 6.07) is 16.0. The third-order valence-electron chi connectivity index (χ3n) is 5.62. The molecular weight excluding hydrogens is 424 g/mol. The number of hydrogen-bond donors (Lipinski definition) is 2. The van der Waals surface area contributed by atoms with Crippen LogP contribution in [0.25, 0.3) is 0 Å². The molecule has 0 unspecified atom stereocenters. The maximum atomic E-state index is 12.7. The van der Waals surface area contributed by atoms with Crippen LogP contribution < -0.4 is 10.6 Å². The first-order valence-electron chi connectivity index (χ1n) is 10.5. The second-order valence-corrected chi connectivity index (χ2v) is 8.93. The molecule has 1 fully saturated rings. The van der Waals surface area contributed by atoms with Crippen molar-refractivity contribution in [3.63, 3.8) is 0 Å². The van der Waals surface area contributed by atoms with Gasteiger partial charge in [-0.25, -0.2) is 0 Å². The van der Waals surface area contributed by atoms with Gasteiger partial charge in [0.2, 0.25) is 5.91 Å². The molecule has 2 aromatic heterocycles. The minimum Gasteiger partial charge on any atom is -0.352 e. The van der Waals surface area contributed by atoms with Crippen LogP contribution >= 0.6 is 23.6 Å². The van der Waals surface area contributed by atoms with Crippen molar-refractivity contribution < 1.29 is 4.79 Å². The number of thiocarbonyl (C=S) groups is 1. The van der Waals surface area contributed by atoms with Crippen LogP contribution in [0.15, 0.2) is 60.1 Å². The molecule has 31 heavy (non-hydrogen) atoms. The maximum Gasteiger partial charge on any atom is 0.226 e. The molecule has 5 nitrogen and oxygen atoms in total. The molecule has 0 aliphatic carbocycles. The molecule has 160 valence electrons. The molecule has 2 atom stereocenters. The molecule has 1 aromatic carbocycles. The Hall–Kier alpha value is -2.77. The van der Waals surface area contributed by atoms with E-state index in [9.17, 15) is 4.79 Å². The Labute approximate surface area is 192 Å². The first-order valence-corrected chi connectivity index (χ1v) is 11.8. The van der Waals surface area contributed by atoms with Gasteiger partial charge in [-0.1, -0.05) is 31.2 Å². The van der Waals surface area contributed by atoms with Crippen LogP contribution in [0.2, 0.25) is 0 Å². The zero-order valence-electron chi connectivity index (χ0n) is 17.7.